The molecule has 1 fully saturated rings. The van der Waals surface area contributed by atoms with Crippen LogP contribution in [0.5, 0.6) is 0 Å². The molecule has 0 amide bonds. The van der Waals surface area contributed by atoms with Gasteiger partial charge in [-0.3, -0.25) is 0 Å². The number of fused-ring (bicyclic) bond motifs is 1. The minimum Gasteiger partial charge on any atom is -0.460 e. The molecule has 0 radical (unpaired) electrons. The predicted octanol–water partition coefficient (Wildman–Crippen LogP) is 4.40. The molecule has 0 spiro atoms. The smallest absolute Gasteiger partial charge is 0.357 e. The van der Waals surface area contributed by atoms with Crippen LogP contribution < -0.4 is 0 Å². The molecule has 0 aliphatic heterocycles. The molecule has 3 rings (SSSR count). The molecule has 5 heteroatoms. The molecule has 5 nitrogen and oxygen atoms in total. The largest absolute Gasteiger partial charge is 0.460 e. The van der Waals surface area contributed by atoms with E-state index in [0.29, 0.717) is 23.3 Å². The number of ether oxygens (including phenoxy) is 2. The lowest BCUT2D eigenvalue weighted by atomic mass is 9.75. The highest BCUT2D eigenvalue weighted by Crippen LogP contribution is 2.35. The molecule has 0 bridgehead atoms. The van der Waals surface area contributed by atoms with Crippen LogP contribution in [-0.4, -0.2) is 29.6 Å². The van der Waals surface area contributed by atoms with Gasteiger partial charge in [0.25, 0.3) is 0 Å². The average Bonchev–Trinajstić information content (AvgIpc) is 2.65. The van der Waals surface area contributed by atoms with E-state index in [1.54, 1.807) is 6.07 Å². The summed E-state index contributed by atoms with van der Waals surface area (Å²) in [5.41, 5.74) is 0.901. The van der Waals surface area contributed by atoms with Crippen molar-refractivity contribution in [2.75, 3.05) is 6.61 Å². The van der Waals surface area contributed by atoms with Gasteiger partial charge in [0.15, 0.2) is 6.61 Å². The van der Waals surface area contributed by atoms with E-state index in [4.69, 9.17) is 9.47 Å². The maximum Gasteiger partial charge on any atom is 0.357 e. The van der Waals surface area contributed by atoms with Gasteiger partial charge in [-0.05, 0) is 42.7 Å². The van der Waals surface area contributed by atoms with Gasteiger partial charge in [0.2, 0.25) is 0 Å². The summed E-state index contributed by atoms with van der Waals surface area (Å²) in [6.45, 7) is 6.12. The summed E-state index contributed by atoms with van der Waals surface area (Å²) in [6, 6.07) is 10.9. The number of carbonyl (C=O) groups is 2. The third-order valence-electron chi connectivity index (χ3n) is 5.37. The van der Waals surface area contributed by atoms with E-state index in [-0.39, 0.29) is 18.4 Å². The minimum absolute atomic E-state index is 0.0984. The van der Waals surface area contributed by atoms with E-state index < -0.39 is 11.9 Å². The fraction of sp³-hybridized carbons (Fsp3) is 0.500. The van der Waals surface area contributed by atoms with Crippen molar-refractivity contribution in [1.82, 2.24) is 4.98 Å². The van der Waals surface area contributed by atoms with Crippen molar-refractivity contribution in [3.05, 3.63) is 42.1 Å². The summed E-state index contributed by atoms with van der Waals surface area (Å²) < 4.78 is 10.8. The maximum absolute atomic E-state index is 12.2. The second kappa shape index (κ2) is 8.51. The van der Waals surface area contributed by atoms with Crippen LogP contribution in [-0.2, 0) is 14.3 Å². The molecule has 0 N–H and O–H groups in total. The van der Waals surface area contributed by atoms with Crippen LogP contribution in [0.4, 0.5) is 0 Å². The zero-order chi connectivity index (χ0) is 19.4. The Morgan fingerprint density at radius 3 is 2.70 bits per heavy atom. The number of carbonyl (C=O) groups excluding carboxylic acids is 2. The standard InChI is InChI=1S/C22H27NO4/c1-14(2)17-10-8-15(3)12-20(17)27-21(24)13-26-22(25)19-11-9-16-6-4-5-7-18(16)23-19/h4-7,9,11,14-15,17,20H,8,10,12-13H2,1-3H3/t15-,17-,20-/m1/s1. The lowest BCUT2D eigenvalue weighted by Crippen LogP contribution is -2.36. The highest BCUT2D eigenvalue weighted by Gasteiger charge is 2.33. The molecule has 1 saturated carbocycles. The van der Waals surface area contributed by atoms with Crippen LogP contribution in [0.25, 0.3) is 10.9 Å². The van der Waals surface area contributed by atoms with Crippen LogP contribution in [0, 0.1) is 17.8 Å². The molecular weight excluding hydrogens is 342 g/mol. The van der Waals surface area contributed by atoms with Crippen molar-refractivity contribution < 1.29 is 19.1 Å². The number of esters is 2. The summed E-state index contributed by atoms with van der Waals surface area (Å²) in [5, 5.41) is 0.944. The number of pyridine rings is 1. The van der Waals surface area contributed by atoms with Crippen LogP contribution in [0.15, 0.2) is 36.4 Å². The Bertz CT molecular complexity index is 817. The van der Waals surface area contributed by atoms with Crippen LogP contribution >= 0.6 is 0 Å². The Kier molecular flexibility index (Phi) is 6.09. The van der Waals surface area contributed by atoms with E-state index in [1.165, 1.54) is 6.42 Å². The lowest BCUT2D eigenvalue weighted by Gasteiger charge is -2.36. The van der Waals surface area contributed by atoms with Crippen molar-refractivity contribution in [2.24, 2.45) is 17.8 Å². The number of hydrogen-bond donors (Lipinski definition) is 0. The highest BCUT2D eigenvalue weighted by molar-refractivity contribution is 5.92. The van der Waals surface area contributed by atoms with Crippen LogP contribution in [0.1, 0.15) is 50.5 Å². The third-order valence-corrected chi connectivity index (χ3v) is 5.37. The summed E-state index contributed by atoms with van der Waals surface area (Å²) in [5.74, 6) is 0.258. The van der Waals surface area contributed by atoms with Crippen molar-refractivity contribution >= 4 is 22.8 Å². The molecule has 1 aromatic heterocycles. The topological polar surface area (TPSA) is 65.5 Å². The Morgan fingerprint density at radius 1 is 1.15 bits per heavy atom. The molecule has 0 unspecified atom stereocenters. The number of nitrogens with zero attached hydrogens (tertiary/aromatic N) is 1. The van der Waals surface area contributed by atoms with Gasteiger partial charge in [-0.2, -0.15) is 0 Å². The normalized spacial score (nSPS) is 22.6. The zero-order valence-corrected chi connectivity index (χ0v) is 16.2. The van der Waals surface area contributed by atoms with Gasteiger partial charge >= 0.3 is 11.9 Å². The van der Waals surface area contributed by atoms with Gasteiger partial charge in [-0.1, -0.05) is 51.5 Å². The Labute approximate surface area is 160 Å². The van der Waals surface area contributed by atoms with E-state index >= 15 is 0 Å². The first kappa shape index (κ1) is 19.3. The fourth-order valence-corrected chi connectivity index (χ4v) is 3.83. The van der Waals surface area contributed by atoms with Crippen molar-refractivity contribution in [3.63, 3.8) is 0 Å². The zero-order valence-electron chi connectivity index (χ0n) is 16.2. The second-order valence-corrected chi connectivity index (χ2v) is 7.82. The van der Waals surface area contributed by atoms with Gasteiger partial charge in [-0.15, -0.1) is 0 Å². The molecule has 1 heterocycles. The molecule has 3 atom stereocenters. The number of hydrogen-bond acceptors (Lipinski definition) is 5. The SMILES string of the molecule is CC(C)[C@H]1CC[C@@H](C)C[C@H]1OC(=O)COC(=O)c1ccc2ccccc2n1. The summed E-state index contributed by atoms with van der Waals surface area (Å²) in [4.78, 5) is 28.7. The van der Waals surface area contributed by atoms with Crippen molar-refractivity contribution in [2.45, 2.75) is 46.1 Å². The molecule has 144 valence electrons. The van der Waals surface area contributed by atoms with E-state index in [1.807, 2.05) is 30.3 Å². The summed E-state index contributed by atoms with van der Waals surface area (Å²) in [7, 11) is 0. The van der Waals surface area contributed by atoms with Gasteiger partial charge in [0.1, 0.15) is 11.8 Å². The number of para-hydroxylation sites is 1. The maximum atomic E-state index is 12.2. The van der Waals surface area contributed by atoms with E-state index in [0.717, 1.165) is 18.2 Å². The lowest BCUT2D eigenvalue weighted by molar-refractivity contribution is -0.159. The Morgan fingerprint density at radius 2 is 1.93 bits per heavy atom. The molecule has 1 aliphatic carbocycles. The monoisotopic (exact) mass is 369 g/mol. The minimum atomic E-state index is -0.616. The van der Waals surface area contributed by atoms with Gasteiger partial charge < -0.3 is 9.47 Å². The number of aromatic nitrogens is 1. The Hall–Kier alpha value is -2.43. The molecule has 1 aliphatic rings. The molecule has 2 aromatic rings. The van der Waals surface area contributed by atoms with Gasteiger partial charge in [0, 0.05) is 5.39 Å². The summed E-state index contributed by atoms with van der Waals surface area (Å²) >= 11 is 0. The van der Waals surface area contributed by atoms with E-state index in [2.05, 4.69) is 25.8 Å². The number of benzene rings is 1. The average molecular weight is 369 g/mol. The highest BCUT2D eigenvalue weighted by atomic mass is 16.6. The van der Waals surface area contributed by atoms with Gasteiger partial charge in [0.05, 0.1) is 5.52 Å². The molecule has 0 saturated heterocycles. The molecule has 27 heavy (non-hydrogen) atoms. The fourth-order valence-electron chi connectivity index (χ4n) is 3.83. The second-order valence-electron chi connectivity index (χ2n) is 7.82. The first-order chi connectivity index (χ1) is 12.9. The first-order valence-corrected chi connectivity index (χ1v) is 9.66. The van der Waals surface area contributed by atoms with Crippen molar-refractivity contribution in [1.29, 1.82) is 0 Å². The summed E-state index contributed by atoms with van der Waals surface area (Å²) in [6.07, 6.45) is 3.00. The third kappa shape index (κ3) is 4.85. The molecular formula is C22H27NO4. The van der Waals surface area contributed by atoms with Gasteiger partial charge in [-0.25, -0.2) is 14.6 Å². The van der Waals surface area contributed by atoms with Crippen molar-refractivity contribution in [3.8, 4) is 0 Å². The van der Waals surface area contributed by atoms with Crippen LogP contribution in [0.2, 0.25) is 0 Å². The first-order valence-electron chi connectivity index (χ1n) is 9.66. The van der Waals surface area contributed by atoms with Crippen LogP contribution in [0.3, 0.4) is 0 Å². The Balaban J connectivity index is 1.56. The van der Waals surface area contributed by atoms with E-state index in [9.17, 15) is 9.59 Å². The predicted molar refractivity (Wildman–Crippen MR) is 103 cm³/mol. The quantitative estimate of drug-likeness (QED) is 0.731. The molecule has 1 aromatic carbocycles. The number of rotatable bonds is 5.